The van der Waals surface area contributed by atoms with Crippen molar-refractivity contribution in [2.75, 3.05) is 0 Å². The largest absolute Gasteiger partial charge is 0.456 e. The van der Waals surface area contributed by atoms with Crippen molar-refractivity contribution in [1.82, 2.24) is 0 Å². The summed E-state index contributed by atoms with van der Waals surface area (Å²) < 4.78 is 20.0. The maximum absolute atomic E-state index is 14.4. The van der Waals surface area contributed by atoms with Crippen LogP contribution in [0.2, 0.25) is 36.3 Å². The molecule has 0 saturated heterocycles. The minimum absolute atomic E-state index is 0.146. The van der Waals surface area contributed by atoms with Gasteiger partial charge in [0, 0.05) is 5.92 Å². The molecular formula is C41H66O6Si2. The highest BCUT2D eigenvalue weighted by atomic mass is 28.4. The van der Waals surface area contributed by atoms with Gasteiger partial charge in [0.05, 0.1) is 11.5 Å². The monoisotopic (exact) mass is 710 g/mol. The van der Waals surface area contributed by atoms with Gasteiger partial charge in [-0.1, -0.05) is 123 Å². The number of aliphatic hydroxyl groups is 1. The zero-order chi connectivity index (χ0) is 37.4. The number of hydrogen-bond donors (Lipinski definition) is 1. The molecule has 0 radical (unpaired) electrons. The number of benzene rings is 2. The van der Waals surface area contributed by atoms with E-state index in [0.29, 0.717) is 17.6 Å². The lowest BCUT2D eigenvalue weighted by Crippen LogP contribution is -2.50. The van der Waals surface area contributed by atoms with E-state index in [-0.39, 0.29) is 16.9 Å². The van der Waals surface area contributed by atoms with Crippen LogP contribution in [0.15, 0.2) is 71.8 Å². The molecule has 0 aliphatic heterocycles. The van der Waals surface area contributed by atoms with Crippen molar-refractivity contribution in [1.29, 1.82) is 0 Å². The normalized spacial score (nSPS) is 16.1. The van der Waals surface area contributed by atoms with E-state index >= 15 is 0 Å². The molecule has 0 aromatic heterocycles. The summed E-state index contributed by atoms with van der Waals surface area (Å²) in [6.07, 6.45) is -2.58. The maximum Gasteiger partial charge on any atom is 0.335 e. The number of ether oxygens (including phenoxy) is 1. The van der Waals surface area contributed by atoms with Gasteiger partial charge in [-0.3, -0.25) is 4.79 Å². The van der Waals surface area contributed by atoms with Gasteiger partial charge in [0.2, 0.25) is 0 Å². The van der Waals surface area contributed by atoms with Crippen LogP contribution in [0, 0.1) is 5.41 Å². The highest BCUT2D eigenvalue weighted by Gasteiger charge is 2.46. The van der Waals surface area contributed by atoms with Crippen LogP contribution in [0.3, 0.4) is 0 Å². The van der Waals surface area contributed by atoms with Crippen LogP contribution in [0.4, 0.5) is 0 Å². The summed E-state index contributed by atoms with van der Waals surface area (Å²) in [6, 6.07) is 22.9. The predicted octanol–water partition coefficient (Wildman–Crippen LogP) is 10.2. The topological polar surface area (TPSA) is 82.1 Å². The molecule has 0 saturated carbocycles. The Balaban J connectivity index is 2.49. The first kappa shape index (κ1) is 42.8. The lowest BCUT2D eigenvalue weighted by atomic mass is 9.77. The lowest BCUT2D eigenvalue weighted by molar-refractivity contribution is -0.156. The fourth-order valence-corrected chi connectivity index (χ4v) is 10.5. The van der Waals surface area contributed by atoms with Crippen molar-refractivity contribution in [3.63, 3.8) is 0 Å². The molecule has 6 nitrogen and oxygen atoms in total. The van der Waals surface area contributed by atoms with Gasteiger partial charge in [-0.15, -0.1) is 0 Å². The number of rotatable bonds is 18. The van der Waals surface area contributed by atoms with Gasteiger partial charge < -0.3 is 18.7 Å². The Labute approximate surface area is 300 Å². The van der Waals surface area contributed by atoms with Crippen LogP contribution < -0.4 is 0 Å². The summed E-state index contributed by atoms with van der Waals surface area (Å²) in [5.74, 6) is -1.15. The molecular weight excluding hydrogens is 645 g/mol. The summed E-state index contributed by atoms with van der Waals surface area (Å²) in [5, 5.41) is 11.4. The predicted molar refractivity (Wildman–Crippen MR) is 208 cm³/mol. The second-order valence-electron chi connectivity index (χ2n) is 15.8. The van der Waals surface area contributed by atoms with Gasteiger partial charge in [-0.2, -0.15) is 0 Å². The van der Waals surface area contributed by atoms with E-state index in [0.717, 1.165) is 29.3 Å². The molecule has 8 heteroatoms. The first-order chi connectivity index (χ1) is 22.7. The van der Waals surface area contributed by atoms with Crippen molar-refractivity contribution in [3.05, 3.63) is 82.9 Å². The number of hydrogen-bond acceptors (Lipinski definition) is 6. The van der Waals surface area contributed by atoms with Gasteiger partial charge in [0.25, 0.3) is 0 Å². The highest BCUT2D eigenvalue weighted by molar-refractivity contribution is 6.74. The molecule has 0 heterocycles. The number of aliphatic hydroxyl groups excluding tert-OH is 1. The first-order valence-corrected chi connectivity index (χ1v) is 23.7. The van der Waals surface area contributed by atoms with Gasteiger partial charge in [0.1, 0.15) is 12.2 Å². The van der Waals surface area contributed by atoms with E-state index in [4.69, 9.17) is 13.6 Å². The van der Waals surface area contributed by atoms with E-state index in [2.05, 4.69) is 54.6 Å². The Morgan fingerprint density at radius 1 is 0.755 bits per heavy atom. The Hall–Kier alpha value is -2.37. The lowest BCUT2D eigenvalue weighted by Gasteiger charge is -2.41. The second-order valence-corrected chi connectivity index (χ2v) is 25.3. The maximum atomic E-state index is 14.4. The number of Topliss-reactive ketones (excluding diaryl/α,β-unsaturated/α-hetero) is 1. The molecule has 0 aliphatic rings. The molecule has 274 valence electrons. The molecule has 0 aliphatic carbocycles. The molecule has 1 N–H and O–H groups in total. The smallest absolute Gasteiger partial charge is 0.335 e. The molecule has 2 aromatic rings. The second kappa shape index (κ2) is 17.7. The fraction of sp³-hybridized carbons (Fsp3) is 0.610. The van der Waals surface area contributed by atoms with Crippen molar-refractivity contribution in [3.8, 4) is 0 Å². The molecule has 0 bridgehead atoms. The van der Waals surface area contributed by atoms with Gasteiger partial charge in [-0.05, 0) is 85.7 Å². The average molecular weight is 711 g/mol. The third-order valence-electron chi connectivity index (χ3n) is 11.4. The van der Waals surface area contributed by atoms with Gasteiger partial charge in [-0.25, -0.2) is 4.79 Å². The third kappa shape index (κ3) is 10.3. The fourth-order valence-electron chi connectivity index (χ4n) is 6.23. The zero-order valence-corrected chi connectivity index (χ0v) is 35.0. The molecule has 0 amide bonds. The van der Waals surface area contributed by atoms with Crippen LogP contribution in [-0.2, 0) is 23.2 Å². The van der Waals surface area contributed by atoms with Crippen molar-refractivity contribution in [2.45, 2.75) is 156 Å². The van der Waals surface area contributed by atoms with Crippen LogP contribution in [0.1, 0.15) is 107 Å². The average Bonchev–Trinajstić information content (AvgIpc) is 3.07. The molecule has 1 unspecified atom stereocenters. The quantitative estimate of drug-likeness (QED) is 0.0942. The Morgan fingerprint density at radius 3 is 1.59 bits per heavy atom. The number of carbonyl (C=O) groups is 2. The van der Waals surface area contributed by atoms with E-state index < -0.39 is 52.2 Å². The summed E-state index contributed by atoms with van der Waals surface area (Å²) in [5.41, 5.74) is 2.14. The Morgan fingerprint density at radius 2 is 1.20 bits per heavy atom. The molecule has 2 rings (SSSR count). The number of esters is 1. The number of carbonyl (C=O) groups excluding carboxylic acids is 2. The summed E-state index contributed by atoms with van der Waals surface area (Å²) in [7, 11) is -4.45. The van der Waals surface area contributed by atoms with E-state index in [1.807, 2.05) is 88.4 Å². The van der Waals surface area contributed by atoms with Crippen LogP contribution in [0.5, 0.6) is 0 Å². The minimum Gasteiger partial charge on any atom is -0.456 e. The summed E-state index contributed by atoms with van der Waals surface area (Å²) >= 11 is 0. The summed E-state index contributed by atoms with van der Waals surface area (Å²) in [4.78, 5) is 28.4. The van der Waals surface area contributed by atoms with E-state index in [1.165, 1.54) is 0 Å². The van der Waals surface area contributed by atoms with Crippen LogP contribution in [0.25, 0.3) is 0 Å². The Bertz CT molecular complexity index is 1330. The third-order valence-corrected chi connectivity index (χ3v) is 20.5. The molecule has 49 heavy (non-hydrogen) atoms. The number of ketones is 1. The standard InChI is InChI=1S/C41H66O6Si2/c1-15-34(46-49(16-2,17-3)18-4)41(11,12)38(43)36(42)30(6)29(5)31(7)45-39(44)37(47-48(13,14)40(8,9)10)35(32-25-21-19-22-26-32)33-27-23-20-24-28-33/h19-28,31,34-37,42H,15-18H2,1-14H3/b30-29+/t31-,34?,36+,37+/m0/s1. The molecule has 2 aromatic carbocycles. The van der Waals surface area contributed by atoms with E-state index in [9.17, 15) is 14.7 Å². The van der Waals surface area contributed by atoms with Crippen molar-refractivity contribution in [2.24, 2.45) is 5.41 Å². The first-order valence-electron chi connectivity index (χ1n) is 18.3. The highest BCUT2D eigenvalue weighted by Crippen LogP contribution is 2.41. The minimum atomic E-state index is -2.46. The molecule has 4 atom stereocenters. The van der Waals surface area contributed by atoms with Gasteiger partial charge in [0.15, 0.2) is 28.5 Å². The van der Waals surface area contributed by atoms with Crippen molar-refractivity contribution < 1.29 is 28.3 Å². The Kier molecular flexibility index (Phi) is 15.5. The summed E-state index contributed by atoms with van der Waals surface area (Å²) in [6.45, 7) is 28.5. The van der Waals surface area contributed by atoms with Crippen LogP contribution >= 0.6 is 0 Å². The van der Waals surface area contributed by atoms with Crippen LogP contribution in [-0.4, -0.2) is 57.9 Å². The molecule has 0 spiro atoms. The SMILES string of the molecule is CCC(O[Si](CC)(CC)CC)C(C)(C)C(=O)[C@H](O)/C(C)=C(\C)[C@H](C)OC(=O)[C@H](O[Si](C)(C)C(C)(C)C)C(c1ccccc1)c1ccccc1. The zero-order valence-electron chi connectivity index (χ0n) is 33.0. The van der Waals surface area contributed by atoms with E-state index in [1.54, 1.807) is 13.8 Å². The molecule has 0 fully saturated rings. The van der Waals surface area contributed by atoms with Gasteiger partial charge >= 0.3 is 5.97 Å². The van der Waals surface area contributed by atoms with Crippen molar-refractivity contribution >= 4 is 28.4 Å².